The molecule has 2 atom stereocenters. The summed E-state index contributed by atoms with van der Waals surface area (Å²) >= 11 is 0. The molecule has 0 aliphatic carbocycles. The van der Waals surface area contributed by atoms with Crippen LogP contribution in [0.2, 0.25) is 0 Å². The molecule has 1 aromatic heterocycles. The zero-order chi connectivity index (χ0) is 26.7. The Balaban J connectivity index is 0.00000302. The minimum Gasteiger partial charge on any atom is -0.478 e. The summed E-state index contributed by atoms with van der Waals surface area (Å²) in [7, 11) is -1.56. The predicted octanol–water partition coefficient (Wildman–Crippen LogP) is 6.53. The molecule has 5 aromatic rings. The van der Waals surface area contributed by atoms with Gasteiger partial charge in [-0.15, -0.1) is 30.5 Å². The predicted molar refractivity (Wildman–Crippen MR) is 159 cm³/mol. The topological polar surface area (TPSA) is 35.9 Å². The van der Waals surface area contributed by atoms with E-state index in [1.807, 2.05) is 88.5 Å². The first-order valence-corrected chi connectivity index (χ1v) is 14.5. The first-order chi connectivity index (χ1) is 19.8. The fourth-order valence-electron chi connectivity index (χ4n) is 4.87. The number of benzene rings is 4. The third-order valence-electron chi connectivity index (χ3n) is 6.74. The van der Waals surface area contributed by atoms with Crippen LogP contribution in [-0.2, 0) is 31.9 Å². The van der Waals surface area contributed by atoms with Crippen LogP contribution in [0.25, 0.3) is 5.70 Å². The van der Waals surface area contributed by atoms with Crippen molar-refractivity contribution >= 4 is 35.8 Å². The van der Waals surface area contributed by atoms with Gasteiger partial charge in [0.15, 0.2) is 0 Å². The van der Waals surface area contributed by atoms with Gasteiger partial charge in [0, 0.05) is 11.6 Å². The Morgan fingerprint density at radius 1 is 0.780 bits per heavy atom. The van der Waals surface area contributed by atoms with Gasteiger partial charge in [-0.3, -0.25) is 0 Å². The average molecular weight is 738 g/mol. The summed E-state index contributed by atoms with van der Waals surface area (Å²) in [4.78, 5) is 2.00. The molecule has 0 amide bonds. The molecule has 2 unspecified atom stereocenters. The summed E-state index contributed by atoms with van der Waals surface area (Å²) < 4.78 is 20.8. The molecule has 0 saturated carbocycles. The summed E-state index contributed by atoms with van der Waals surface area (Å²) in [5, 5.41) is 2.33. The number of aromatic nitrogens is 1. The van der Waals surface area contributed by atoms with E-state index in [9.17, 15) is 0 Å². The second-order valence-corrected chi connectivity index (χ2v) is 11.4. The number of para-hydroxylation sites is 1. The molecule has 2 aliphatic rings. The van der Waals surface area contributed by atoms with Crippen molar-refractivity contribution in [2.75, 3.05) is 4.90 Å². The molecule has 0 bridgehead atoms. The van der Waals surface area contributed by atoms with E-state index in [2.05, 4.69) is 66.9 Å². The summed E-state index contributed by atoms with van der Waals surface area (Å²) in [5.41, 5.74) is 2.64. The van der Waals surface area contributed by atoms with Crippen LogP contribution in [0.15, 0.2) is 140 Å². The molecule has 0 spiro atoms. The first kappa shape index (κ1) is 27.2. The van der Waals surface area contributed by atoms with Gasteiger partial charge in [-0.25, -0.2) is 0 Å². The maximum Gasteiger partial charge on any atom is 3.00 e. The van der Waals surface area contributed by atoms with Gasteiger partial charge in [0.25, 0.3) is 0 Å². The van der Waals surface area contributed by atoms with E-state index in [0.717, 1.165) is 17.1 Å². The zero-order valence-corrected chi connectivity index (χ0v) is 24.9. The second-order valence-electron chi connectivity index (χ2n) is 9.33. The van der Waals surface area contributed by atoms with E-state index in [1.54, 1.807) is 6.26 Å². The molecule has 3 heterocycles. The van der Waals surface area contributed by atoms with Crippen molar-refractivity contribution in [1.82, 2.24) is 4.57 Å². The molecule has 0 fully saturated rings. The Kier molecular flexibility index (Phi) is 8.13. The third kappa shape index (κ3) is 5.63. The first-order valence-electron chi connectivity index (χ1n) is 13.1. The summed E-state index contributed by atoms with van der Waals surface area (Å²) in [6, 6.07) is 44.1. The number of hydrogen-bond donors (Lipinski definition) is 0. The van der Waals surface area contributed by atoms with Crippen molar-refractivity contribution in [1.29, 1.82) is 0 Å². The molecule has 7 rings (SSSR count). The molecular weight excluding hydrogens is 712 g/mol. The molecule has 5 nitrogen and oxygen atoms in total. The molecule has 7 heteroatoms. The number of anilines is 2. The van der Waals surface area contributed by atoms with E-state index in [-0.39, 0.29) is 28.3 Å². The van der Waals surface area contributed by atoms with E-state index in [4.69, 9.17) is 14.0 Å². The monoisotopic (exact) mass is 737 g/mol. The normalized spacial score (nSPS) is 17.0. The van der Waals surface area contributed by atoms with Crippen LogP contribution >= 0.6 is 8.15 Å². The van der Waals surface area contributed by atoms with Crippen molar-refractivity contribution in [2.24, 2.45) is 5.92 Å². The molecule has 2 aliphatic heterocycles. The Hall–Kier alpha value is -3.99. The Bertz CT molecular complexity index is 1600. The number of fused-ring (bicyclic) bond motifs is 1. The third-order valence-corrected chi connectivity index (χ3v) is 8.88. The van der Waals surface area contributed by atoms with Crippen molar-refractivity contribution < 1.29 is 36.4 Å². The standard InChI is InChI=1S/C34H24N2O3P.Au/c1-4-13-26(14-5-1)36(33-24-31-32(25-37-34(31)38-33)35-21-10-11-22-35)27-15-12-16-28(23-27)39-40(29-17-6-2-7-18-29)30-19-8-3-9-20-30;/h1-21,25,31,34H;/q-3;+3/p+1. The van der Waals surface area contributed by atoms with Gasteiger partial charge in [0.1, 0.15) is 10.6 Å². The molecule has 0 radical (unpaired) electrons. The minimum absolute atomic E-state index is 0. The van der Waals surface area contributed by atoms with Crippen LogP contribution in [0.4, 0.5) is 11.4 Å². The molecule has 4 aromatic carbocycles. The Labute approximate surface area is 256 Å². The summed E-state index contributed by atoms with van der Waals surface area (Å²) in [5.74, 6) is 1.04. The molecular formula is C34H25AuN2O3P+. The van der Waals surface area contributed by atoms with Crippen LogP contribution in [-0.4, -0.2) is 10.9 Å². The van der Waals surface area contributed by atoms with Gasteiger partial charge in [-0.1, -0.05) is 72.4 Å². The van der Waals surface area contributed by atoms with E-state index in [0.29, 0.717) is 11.6 Å². The fraction of sp³-hybridized carbons (Fsp3) is 0.0588. The zero-order valence-electron chi connectivity index (χ0n) is 21.8. The number of ether oxygens (including phenoxy) is 2. The number of hydrogen-bond acceptors (Lipinski definition) is 4. The molecule has 204 valence electrons. The fourth-order valence-corrected chi connectivity index (χ4v) is 6.76. The largest absolute Gasteiger partial charge is 3.00 e. The van der Waals surface area contributed by atoms with E-state index < -0.39 is 14.4 Å². The van der Waals surface area contributed by atoms with Gasteiger partial charge in [0.05, 0.1) is 12.0 Å². The quantitative estimate of drug-likeness (QED) is 0.103. The van der Waals surface area contributed by atoms with Crippen molar-refractivity contribution in [3.63, 3.8) is 0 Å². The Morgan fingerprint density at radius 3 is 2.12 bits per heavy atom. The minimum atomic E-state index is -1.56. The van der Waals surface area contributed by atoms with Crippen molar-refractivity contribution in [3.8, 4) is 5.75 Å². The van der Waals surface area contributed by atoms with Gasteiger partial charge < -0.3 is 29.5 Å². The summed E-state index contributed by atoms with van der Waals surface area (Å²) in [6.45, 7) is 0. The van der Waals surface area contributed by atoms with Crippen molar-refractivity contribution in [2.45, 2.75) is 6.29 Å². The van der Waals surface area contributed by atoms with Crippen LogP contribution in [0.1, 0.15) is 0 Å². The van der Waals surface area contributed by atoms with Crippen LogP contribution in [0.3, 0.4) is 0 Å². The molecule has 0 saturated heterocycles. The SMILES string of the molecule is [Au+3].[C-]1=C(N(c2[c-]c(O[PH+](c3ccccc3)c3ccccc3)ccc2)c2ccccc2)OC2OC=C(n3[c-]ccc3)C12. The average Bonchev–Trinajstić information content (AvgIpc) is 3.77. The number of nitrogens with zero attached hydrogens (tertiary/aromatic N) is 2. The van der Waals surface area contributed by atoms with Gasteiger partial charge in [0.2, 0.25) is 14.4 Å². The van der Waals surface area contributed by atoms with Crippen molar-refractivity contribution in [3.05, 3.63) is 158 Å². The number of rotatable bonds is 8. The maximum absolute atomic E-state index is 6.72. The van der Waals surface area contributed by atoms with Crippen LogP contribution < -0.4 is 20.0 Å². The maximum atomic E-state index is 6.72. The van der Waals surface area contributed by atoms with Gasteiger partial charge in [-0.2, -0.15) is 12.1 Å². The second kappa shape index (κ2) is 12.3. The molecule has 41 heavy (non-hydrogen) atoms. The van der Waals surface area contributed by atoms with E-state index >= 15 is 0 Å². The Morgan fingerprint density at radius 2 is 1.46 bits per heavy atom. The van der Waals surface area contributed by atoms with E-state index in [1.165, 1.54) is 10.6 Å². The van der Waals surface area contributed by atoms with Crippen LogP contribution in [0.5, 0.6) is 5.75 Å². The van der Waals surface area contributed by atoms with Crippen LogP contribution in [0, 0.1) is 24.3 Å². The smallest absolute Gasteiger partial charge is 0.478 e. The van der Waals surface area contributed by atoms with Gasteiger partial charge >= 0.3 is 22.4 Å². The summed E-state index contributed by atoms with van der Waals surface area (Å²) in [6.07, 6.45) is 9.89. The van der Waals surface area contributed by atoms with Gasteiger partial charge in [-0.05, 0) is 42.1 Å². The molecule has 0 N–H and O–H groups in total.